The molecule has 0 aromatic carbocycles. The number of ether oxygens (including phenoxy) is 1. The van der Waals surface area contributed by atoms with Crippen molar-refractivity contribution in [2.24, 2.45) is 0 Å². The molecular formula is C11H24N2O2. The van der Waals surface area contributed by atoms with Gasteiger partial charge in [0.2, 0.25) is 0 Å². The highest BCUT2D eigenvalue weighted by atomic mass is 16.5. The van der Waals surface area contributed by atoms with Crippen molar-refractivity contribution >= 4 is 6.09 Å². The van der Waals surface area contributed by atoms with Crippen molar-refractivity contribution < 1.29 is 9.53 Å². The first-order chi connectivity index (χ1) is 6.72. The molecule has 0 rings (SSSR count). The summed E-state index contributed by atoms with van der Waals surface area (Å²) < 4.78 is 4.86. The van der Waals surface area contributed by atoms with Gasteiger partial charge in [0.15, 0.2) is 0 Å². The van der Waals surface area contributed by atoms with Gasteiger partial charge in [-0.2, -0.15) is 0 Å². The van der Waals surface area contributed by atoms with Gasteiger partial charge < -0.3 is 15.4 Å². The number of carbonyl (C=O) groups excluding carboxylic acids is 1. The second-order valence-corrected chi connectivity index (χ2v) is 5.04. The van der Waals surface area contributed by atoms with Crippen molar-refractivity contribution in [1.82, 2.24) is 10.6 Å². The van der Waals surface area contributed by atoms with Gasteiger partial charge in [0.25, 0.3) is 0 Å². The van der Waals surface area contributed by atoms with Crippen molar-refractivity contribution in [3.05, 3.63) is 0 Å². The molecule has 0 aliphatic heterocycles. The first-order valence-corrected chi connectivity index (χ1v) is 5.36. The van der Waals surface area contributed by atoms with E-state index in [4.69, 9.17) is 4.74 Å². The SMILES string of the molecule is CCOC(=O)NC(C)(C)CC(C)(C)NC. The maximum absolute atomic E-state index is 11.3. The minimum Gasteiger partial charge on any atom is -0.450 e. The van der Waals surface area contributed by atoms with E-state index in [1.54, 1.807) is 6.92 Å². The zero-order valence-corrected chi connectivity index (χ0v) is 10.7. The molecular weight excluding hydrogens is 192 g/mol. The summed E-state index contributed by atoms with van der Waals surface area (Å²) in [7, 11) is 1.92. The standard InChI is InChI=1S/C11H24N2O2/c1-7-15-9(14)13-11(4,5)8-10(2,3)12-6/h12H,7-8H2,1-6H3,(H,13,14). The second kappa shape index (κ2) is 5.35. The summed E-state index contributed by atoms with van der Waals surface area (Å²) in [5.74, 6) is 0. The van der Waals surface area contributed by atoms with Crippen molar-refractivity contribution in [1.29, 1.82) is 0 Å². The Hall–Kier alpha value is -0.770. The third-order valence-electron chi connectivity index (χ3n) is 2.28. The number of amides is 1. The average Bonchev–Trinajstić information content (AvgIpc) is 2.01. The largest absolute Gasteiger partial charge is 0.450 e. The Balaban J connectivity index is 4.24. The van der Waals surface area contributed by atoms with Gasteiger partial charge in [-0.15, -0.1) is 0 Å². The van der Waals surface area contributed by atoms with Gasteiger partial charge in [-0.25, -0.2) is 4.79 Å². The van der Waals surface area contributed by atoms with Crippen LogP contribution in [0.2, 0.25) is 0 Å². The third-order valence-corrected chi connectivity index (χ3v) is 2.28. The topological polar surface area (TPSA) is 50.4 Å². The normalized spacial score (nSPS) is 12.4. The van der Waals surface area contributed by atoms with Gasteiger partial charge in [0, 0.05) is 11.1 Å². The van der Waals surface area contributed by atoms with Gasteiger partial charge in [0.05, 0.1) is 6.61 Å². The molecule has 0 unspecified atom stereocenters. The maximum atomic E-state index is 11.3. The van der Waals surface area contributed by atoms with E-state index in [-0.39, 0.29) is 17.2 Å². The lowest BCUT2D eigenvalue weighted by Gasteiger charge is -2.35. The first kappa shape index (κ1) is 14.2. The second-order valence-electron chi connectivity index (χ2n) is 5.04. The first-order valence-electron chi connectivity index (χ1n) is 5.36. The molecule has 0 aromatic rings. The lowest BCUT2D eigenvalue weighted by atomic mass is 9.87. The number of nitrogens with one attached hydrogen (secondary N) is 2. The Kier molecular flexibility index (Phi) is 5.08. The molecule has 4 heteroatoms. The van der Waals surface area contributed by atoms with Crippen LogP contribution in [0, 0.1) is 0 Å². The Morgan fingerprint density at radius 3 is 2.13 bits per heavy atom. The smallest absolute Gasteiger partial charge is 0.407 e. The number of hydrogen-bond acceptors (Lipinski definition) is 3. The predicted molar refractivity (Wildman–Crippen MR) is 62.0 cm³/mol. The van der Waals surface area contributed by atoms with Crippen LogP contribution >= 0.6 is 0 Å². The van der Waals surface area contributed by atoms with Crippen LogP contribution in [-0.2, 0) is 4.74 Å². The van der Waals surface area contributed by atoms with Gasteiger partial charge in [-0.05, 0) is 48.1 Å². The molecule has 1 amide bonds. The van der Waals surface area contributed by atoms with Crippen LogP contribution in [0.4, 0.5) is 4.79 Å². The molecule has 0 aliphatic rings. The van der Waals surface area contributed by atoms with Gasteiger partial charge >= 0.3 is 6.09 Å². The summed E-state index contributed by atoms with van der Waals surface area (Å²) in [6.07, 6.45) is 0.476. The summed E-state index contributed by atoms with van der Waals surface area (Å²) in [6, 6.07) is 0. The molecule has 0 spiro atoms. The zero-order valence-electron chi connectivity index (χ0n) is 10.7. The van der Waals surface area contributed by atoms with Crippen LogP contribution in [0.3, 0.4) is 0 Å². The van der Waals surface area contributed by atoms with E-state index in [2.05, 4.69) is 24.5 Å². The molecule has 0 heterocycles. The average molecular weight is 216 g/mol. The van der Waals surface area contributed by atoms with Gasteiger partial charge in [-0.1, -0.05) is 0 Å². The van der Waals surface area contributed by atoms with Crippen LogP contribution in [0.15, 0.2) is 0 Å². The predicted octanol–water partition coefficient (Wildman–Crippen LogP) is 1.90. The third kappa shape index (κ3) is 6.33. The lowest BCUT2D eigenvalue weighted by Crippen LogP contribution is -2.51. The van der Waals surface area contributed by atoms with E-state index >= 15 is 0 Å². The molecule has 90 valence electrons. The van der Waals surface area contributed by atoms with Crippen molar-refractivity contribution in [3.8, 4) is 0 Å². The fourth-order valence-electron chi connectivity index (χ4n) is 1.68. The van der Waals surface area contributed by atoms with Crippen molar-refractivity contribution in [3.63, 3.8) is 0 Å². The quantitative estimate of drug-likeness (QED) is 0.738. The number of carbonyl (C=O) groups is 1. The molecule has 0 saturated carbocycles. The Morgan fingerprint density at radius 2 is 1.73 bits per heavy atom. The summed E-state index contributed by atoms with van der Waals surface area (Å²) >= 11 is 0. The molecule has 4 nitrogen and oxygen atoms in total. The van der Waals surface area contributed by atoms with E-state index in [0.29, 0.717) is 6.61 Å². The fourth-order valence-corrected chi connectivity index (χ4v) is 1.68. The summed E-state index contributed by atoms with van der Waals surface area (Å²) in [4.78, 5) is 11.3. The maximum Gasteiger partial charge on any atom is 0.407 e. The highest BCUT2D eigenvalue weighted by molar-refractivity contribution is 5.68. The molecule has 0 atom stereocenters. The summed E-state index contributed by atoms with van der Waals surface area (Å²) in [5.41, 5.74) is -0.290. The zero-order chi connectivity index (χ0) is 12.1. The van der Waals surface area contributed by atoms with E-state index in [9.17, 15) is 4.79 Å². The molecule has 0 bridgehead atoms. The lowest BCUT2D eigenvalue weighted by molar-refractivity contribution is 0.136. The number of alkyl carbamates (subject to hydrolysis) is 1. The Labute approximate surface area is 92.8 Å². The van der Waals surface area contributed by atoms with Crippen LogP contribution in [0.25, 0.3) is 0 Å². The monoisotopic (exact) mass is 216 g/mol. The number of hydrogen-bond donors (Lipinski definition) is 2. The highest BCUT2D eigenvalue weighted by Gasteiger charge is 2.29. The van der Waals surface area contributed by atoms with Crippen LogP contribution < -0.4 is 10.6 Å². The minimum absolute atomic E-state index is 0.0109. The Bertz CT molecular complexity index is 213. The molecule has 0 radical (unpaired) electrons. The molecule has 0 saturated heterocycles. The molecule has 0 aromatic heterocycles. The Morgan fingerprint density at radius 1 is 1.20 bits per heavy atom. The molecule has 15 heavy (non-hydrogen) atoms. The highest BCUT2D eigenvalue weighted by Crippen LogP contribution is 2.19. The molecule has 0 fully saturated rings. The van der Waals surface area contributed by atoms with Crippen LogP contribution in [0.1, 0.15) is 41.0 Å². The fraction of sp³-hybridized carbons (Fsp3) is 0.909. The van der Waals surface area contributed by atoms with Crippen LogP contribution in [0.5, 0.6) is 0 Å². The molecule has 0 aliphatic carbocycles. The van der Waals surface area contributed by atoms with Gasteiger partial charge in [0.1, 0.15) is 0 Å². The van der Waals surface area contributed by atoms with Gasteiger partial charge in [-0.3, -0.25) is 0 Å². The van der Waals surface area contributed by atoms with E-state index in [1.807, 2.05) is 20.9 Å². The minimum atomic E-state index is -0.352. The van der Waals surface area contributed by atoms with Crippen molar-refractivity contribution in [2.45, 2.75) is 52.1 Å². The number of rotatable bonds is 5. The van der Waals surface area contributed by atoms with E-state index in [0.717, 1.165) is 6.42 Å². The van der Waals surface area contributed by atoms with Crippen LogP contribution in [-0.4, -0.2) is 30.8 Å². The van der Waals surface area contributed by atoms with E-state index < -0.39 is 0 Å². The molecule has 2 N–H and O–H groups in total. The summed E-state index contributed by atoms with van der Waals surface area (Å²) in [6.45, 7) is 10.4. The summed E-state index contributed by atoms with van der Waals surface area (Å²) in [5, 5.41) is 6.06. The van der Waals surface area contributed by atoms with E-state index in [1.165, 1.54) is 0 Å². The van der Waals surface area contributed by atoms with Crippen molar-refractivity contribution in [2.75, 3.05) is 13.7 Å².